The molecule has 1 aromatic carbocycles. The van der Waals surface area contributed by atoms with Gasteiger partial charge in [-0.2, -0.15) is 0 Å². The third-order valence-electron chi connectivity index (χ3n) is 2.47. The maximum absolute atomic E-state index is 11.7. The van der Waals surface area contributed by atoms with Crippen LogP contribution in [0, 0.1) is 0 Å². The van der Waals surface area contributed by atoms with Gasteiger partial charge in [0.15, 0.2) is 0 Å². The van der Waals surface area contributed by atoms with E-state index < -0.39 is 23.7 Å². The van der Waals surface area contributed by atoms with Gasteiger partial charge in [0.1, 0.15) is 11.4 Å². The van der Waals surface area contributed by atoms with Crippen LogP contribution in [0.5, 0.6) is 5.75 Å². The number of nitrogens with one attached hydrogen (secondary N) is 1. The van der Waals surface area contributed by atoms with E-state index in [4.69, 9.17) is 15.6 Å². The van der Waals surface area contributed by atoms with Crippen molar-refractivity contribution < 1.29 is 24.5 Å². The number of carbonyl (C=O) groups is 2. The van der Waals surface area contributed by atoms with Gasteiger partial charge in [0.25, 0.3) is 0 Å². The summed E-state index contributed by atoms with van der Waals surface area (Å²) in [5.41, 5.74) is 5.68. The van der Waals surface area contributed by atoms with E-state index in [9.17, 15) is 14.7 Å². The second-order valence-corrected chi connectivity index (χ2v) is 5.60. The van der Waals surface area contributed by atoms with Crippen LogP contribution < -0.4 is 11.1 Å². The molecular weight excluding hydrogens is 276 g/mol. The maximum Gasteiger partial charge on any atom is 0.412 e. The molecule has 0 bridgehead atoms. The van der Waals surface area contributed by atoms with Crippen LogP contribution in [-0.4, -0.2) is 27.9 Å². The Morgan fingerprint density at radius 3 is 2.52 bits per heavy atom. The summed E-state index contributed by atoms with van der Waals surface area (Å²) in [5.74, 6) is -1.20. The van der Waals surface area contributed by atoms with Crippen molar-refractivity contribution in [2.45, 2.75) is 38.8 Å². The average Bonchev–Trinajstić information content (AvgIpc) is 2.28. The average molecular weight is 296 g/mol. The number of hydrogen-bond donors (Lipinski definition) is 4. The van der Waals surface area contributed by atoms with Crippen molar-refractivity contribution in [3.8, 4) is 5.75 Å². The number of phenols is 1. The number of rotatable bonds is 4. The third kappa shape index (κ3) is 5.70. The fraction of sp³-hybridized carbons (Fsp3) is 0.429. The standard InChI is InChI=1S/C14H20N2O5/c1-14(2,3)21-13(20)16-8-4-5-11(17)9(6-8)10(15)7-12(18)19/h4-6,10,17H,7,15H2,1-3H3,(H,16,20)(H,18,19). The number of aliphatic carboxylic acids is 1. The molecule has 0 heterocycles. The Bertz CT molecular complexity index is 537. The highest BCUT2D eigenvalue weighted by Crippen LogP contribution is 2.28. The zero-order valence-corrected chi connectivity index (χ0v) is 12.2. The lowest BCUT2D eigenvalue weighted by molar-refractivity contribution is -0.137. The molecule has 0 saturated heterocycles. The monoisotopic (exact) mass is 296 g/mol. The summed E-state index contributed by atoms with van der Waals surface area (Å²) in [6.07, 6.45) is -0.977. The van der Waals surface area contributed by atoms with E-state index in [1.54, 1.807) is 20.8 Å². The Labute approximate surface area is 122 Å². The number of hydrogen-bond acceptors (Lipinski definition) is 5. The van der Waals surface area contributed by atoms with E-state index in [0.29, 0.717) is 5.69 Å². The molecule has 5 N–H and O–H groups in total. The molecule has 7 heteroatoms. The first-order valence-corrected chi connectivity index (χ1v) is 6.39. The first-order chi connectivity index (χ1) is 9.58. The Morgan fingerprint density at radius 1 is 1.38 bits per heavy atom. The molecule has 1 amide bonds. The number of ether oxygens (including phenoxy) is 1. The quantitative estimate of drug-likeness (QED) is 0.632. The number of amides is 1. The fourth-order valence-corrected chi connectivity index (χ4v) is 1.65. The number of phenolic OH excluding ortho intramolecular Hbond substituents is 1. The highest BCUT2D eigenvalue weighted by Gasteiger charge is 2.18. The van der Waals surface area contributed by atoms with E-state index in [2.05, 4.69) is 5.32 Å². The normalized spacial score (nSPS) is 12.6. The van der Waals surface area contributed by atoms with Crippen LogP contribution in [0.15, 0.2) is 18.2 Å². The number of nitrogens with two attached hydrogens (primary N) is 1. The molecule has 21 heavy (non-hydrogen) atoms. The molecule has 1 unspecified atom stereocenters. The summed E-state index contributed by atoms with van der Waals surface area (Å²) < 4.78 is 5.10. The van der Waals surface area contributed by atoms with E-state index >= 15 is 0 Å². The van der Waals surface area contributed by atoms with Gasteiger partial charge in [0.05, 0.1) is 6.42 Å². The summed E-state index contributed by atoms with van der Waals surface area (Å²) in [6, 6.07) is 3.36. The summed E-state index contributed by atoms with van der Waals surface area (Å²) in [6.45, 7) is 5.20. The van der Waals surface area contributed by atoms with Crippen LogP contribution >= 0.6 is 0 Å². The van der Waals surface area contributed by atoms with Crippen LogP contribution in [0.3, 0.4) is 0 Å². The molecule has 0 aliphatic rings. The van der Waals surface area contributed by atoms with Gasteiger partial charge in [0, 0.05) is 17.3 Å². The Balaban J connectivity index is 2.86. The van der Waals surface area contributed by atoms with E-state index in [-0.39, 0.29) is 17.7 Å². The highest BCUT2D eigenvalue weighted by atomic mass is 16.6. The van der Waals surface area contributed by atoms with Crippen molar-refractivity contribution >= 4 is 17.7 Å². The minimum Gasteiger partial charge on any atom is -0.508 e. The van der Waals surface area contributed by atoms with Crippen molar-refractivity contribution in [3.05, 3.63) is 23.8 Å². The molecule has 1 rings (SSSR count). The van der Waals surface area contributed by atoms with E-state index in [1.807, 2.05) is 0 Å². The number of carbonyl (C=O) groups excluding carboxylic acids is 1. The zero-order chi connectivity index (χ0) is 16.2. The summed E-state index contributed by atoms with van der Waals surface area (Å²) in [5, 5.41) is 20.9. The number of carboxylic acid groups (broad SMARTS) is 1. The number of carboxylic acids is 1. The minimum atomic E-state index is -1.08. The molecule has 0 radical (unpaired) electrons. The van der Waals surface area contributed by atoms with Gasteiger partial charge in [0.2, 0.25) is 0 Å². The predicted molar refractivity (Wildman–Crippen MR) is 77.1 cm³/mol. The second-order valence-electron chi connectivity index (χ2n) is 5.60. The Kier molecular flexibility index (Phi) is 5.15. The Morgan fingerprint density at radius 2 is 2.00 bits per heavy atom. The van der Waals surface area contributed by atoms with Gasteiger partial charge in [-0.05, 0) is 39.0 Å². The van der Waals surface area contributed by atoms with Crippen LogP contribution in [0.2, 0.25) is 0 Å². The SMILES string of the molecule is CC(C)(C)OC(=O)Nc1ccc(O)c(C(N)CC(=O)O)c1. The predicted octanol–water partition coefficient (Wildman–Crippen LogP) is 2.21. The van der Waals surface area contributed by atoms with Crippen molar-refractivity contribution in [2.24, 2.45) is 5.73 Å². The largest absolute Gasteiger partial charge is 0.508 e. The lowest BCUT2D eigenvalue weighted by Gasteiger charge is -2.20. The minimum absolute atomic E-state index is 0.126. The van der Waals surface area contributed by atoms with Gasteiger partial charge >= 0.3 is 12.1 Å². The fourth-order valence-electron chi connectivity index (χ4n) is 1.65. The Hall–Kier alpha value is -2.28. The van der Waals surface area contributed by atoms with Crippen molar-refractivity contribution in [2.75, 3.05) is 5.32 Å². The summed E-state index contributed by atoms with van der Waals surface area (Å²) in [4.78, 5) is 22.3. The molecule has 0 spiro atoms. The summed E-state index contributed by atoms with van der Waals surface area (Å²) in [7, 11) is 0. The maximum atomic E-state index is 11.7. The molecule has 7 nitrogen and oxygen atoms in total. The van der Waals surface area contributed by atoms with Gasteiger partial charge in [-0.1, -0.05) is 0 Å². The molecule has 0 fully saturated rings. The number of aromatic hydroxyl groups is 1. The first-order valence-electron chi connectivity index (χ1n) is 6.39. The first kappa shape index (κ1) is 16.8. The molecule has 1 aromatic rings. The molecule has 116 valence electrons. The van der Waals surface area contributed by atoms with E-state index in [0.717, 1.165) is 0 Å². The van der Waals surface area contributed by atoms with Crippen LogP contribution in [0.1, 0.15) is 38.8 Å². The lowest BCUT2D eigenvalue weighted by atomic mass is 10.0. The van der Waals surface area contributed by atoms with E-state index in [1.165, 1.54) is 18.2 Å². The van der Waals surface area contributed by atoms with Crippen LogP contribution in [-0.2, 0) is 9.53 Å². The molecule has 0 saturated carbocycles. The summed E-state index contributed by atoms with van der Waals surface area (Å²) >= 11 is 0. The van der Waals surface area contributed by atoms with Gasteiger partial charge in [-0.25, -0.2) is 4.79 Å². The molecule has 0 aliphatic carbocycles. The molecule has 1 atom stereocenters. The van der Waals surface area contributed by atoms with Gasteiger partial charge in [-0.15, -0.1) is 0 Å². The number of benzene rings is 1. The number of anilines is 1. The third-order valence-corrected chi connectivity index (χ3v) is 2.47. The molecular formula is C14H20N2O5. The molecule has 0 aromatic heterocycles. The van der Waals surface area contributed by atoms with Gasteiger partial charge in [-0.3, -0.25) is 10.1 Å². The van der Waals surface area contributed by atoms with Crippen molar-refractivity contribution in [1.29, 1.82) is 0 Å². The topological polar surface area (TPSA) is 122 Å². The highest BCUT2D eigenvalue weighted by molar-refractivity contribution is 5.85. The zero-order valence-electron chi connectivity index (χ0n) is 12.2. The smallest absolute Gasteiger partial charge is 0.412 e. The second kappa shape index (κ2) is 6.45. The van der Waals surface area contributed by atoms with Crippen molar-refractivity contribution in [1.82, 2.24) is 0 Å². The van der Waals surface area contributed by atoms with Crippen molar-refractivity contribution in [3.63, 3.8) is 0 Å². The van der Waals surface area contributed by atoms with Crippen LogP contribution in [0.25, 0.3) is 0 Å². The molecule has 0 aliphatic heterocycles. The van der Waals surface area contributed by atoms with Gasteiger partial charge < -0.3 is 20.7 Å². The van der Waals surface area contributed by atoms with Crippen LogP contribution in [0.4, 0.5) is 10.5 Å². The lowest BCUT2D eigenvalue weighted by Crippen LogP contribution is -2.27.